The molecule has 0 amide bonds. The molecule has 3 aliphatic rings. The van der Waals surface area contributed by atoms with Gasteiger partial charge in [0.1, 0.15) is 0 Å². The van der Waals surface area contributed by atoms with E-state index in [4.69, 9.17) is 0 Å². The van der Waals surface area contributed by atoms with Crippen LogP contribution in [0.2, 0.25) is 0 Å². The number of likely N-dealkylation sites (tertiary alicyclic amines) is 1. The third-order valence-corrected chi connectivity index (χ3v) is 5.47. The van der Waals surface area contributed by atoms with Crippen molar-refractivity contribution in [1.29, 1.82) is 0 Å². The molecule has 2 nitrogen and oxygen atoms in total. The topological polar surface area (TPSA) is 23.5 Å². The van der Waals surface area contributed by atoms with Gasteiger partial charge in [-0.1, -0.05) is 32.1 Å². The highest BCUT2D eigenvalue weighted by Crippen LogP contribution is 2.49. The average molecular weight is 223 g/mol. The Morgan fingerprint density at radius 3 is 1.94 bits per heavy atom. The van der Waals surface area contributed by atoms with Gasteiger partial charge in [-0.2, -0.15) is 0 Å². The zero-order valence-corrected chi connectivity index (χ0v) is 10.4. The summed E-state index contributed by atoms with van der Waals surface area (Å²) in [5, 5.41) is 9.70. The predicted molar refractivity (Wildman–Crippen MR) is 65.4 cm³/mol. The molecule has 0 atom stereocenters. The van der Waals surface area contributed by atoms with Crippen LogP contribution in [0.15, 0.2) is 0 Å². The highest BCUT2D eigenvalue weighted by Gasteiger charge is 2.51. The molecule has 1 heterocycles. The van der Waals surface area contributed by atoms with Gasteiger partial charge in [-0.15, -0.1) is 0 Å². The molecule has 1 N–H and O–H groups in total. The Kier molecular flexibility index (Phi) is 2.75. The second-order valence-corrected chi connectivity index (χ2v) is 6.51. The van der Waals surface area contributed by atoms with Crippen molar-refractivity contribution >= 4 is 0 Å². The van der Waals surface area contributed by atoms with E-state index in [2.05, 4.69) is 4.90 Å². The lowest BCUT2D eigenvalue weighted by Crippen LogP contribution is -2.66. The maximum atomic E-state index is 9.70. The van der Waals surface area contributed by atoms with Crippen LogP contribution in [0.4, 0.5) is 0 Å². The molecule has 0 unspecified atom stereocenters. The average Bonchev–Trinajstić information content (AvgIpc) is 2.76. The molecule has 1 spiro atoms. The number of nitrogens with zero attached hydrogens (tertiary/aromatic N) is 1. The summed E-state index contributed by atoms with van der Waals surface area (Å²) < 4.78 is 0. The van der Waals surface area contributed by atoms with E-state index in [1.807, 2.05) is 0 Å². The summed E-state index contributed by atoms with van der Waals surface area (Å²) >= 11 is 0. The second-order valence-electron chi connectivity index (χ2n) is 6.51. The predicted octanol–water partition coefficient (Wildman–Crippen LogP) is 2.56. The molecule has 2 heteroatoms. The summed E-state index contributed by atoms with van der Waals surface area (Å²) in [6.45, 7) is 2.96. The number of hydrogen-bond donors (Lipinski definition) is 1. The summed E-state index contributed by atoms with van der Waals surface area (Å²) in [5.41, 5.74) is 0.867. The molecule has 2 aliphatic carbocycles. The summed E-state index contributed by atoms with van der Waals surface area (Å²) in [6, 6.07) is 0. The fourth-order valence-corrected chi connectivity index (χ4v) is 4.32. The highest BCUT2D eigenvalue weighted by molar-refractivity contribution is 5.06. The van der Waals surface area contributed by atoms with E-state index in [1.54, 1.807) is 0 Å². The van der Waals surface area contributed by atoms with E-state index in [9.17, 15) is 5.11 Å². The van der Waals surface area contributed by atoms with E-state index >= 15 is 0 Å². The van der Waals surface area contributed by atoms with Crippen LogP contribution in [0.3, 0.4) is 0 Å². The Labute approximate surface area is 99.0 Å². The van der Waals surface area contributed by atoms with Crippen molar-refractivity contribution < 1.29 is 5.11 Å². The highest BCUT2D eigenvalue weighted by atomic mass is 16.3. The smallest absolute Gasteiger partial charge is 0.0615 e. The second kappa shape index (κ2) is 3.99. The molecule has 0 aromatic rings. The zero-order chi connectivity index (χ0) is 11.1. The lowest BCUT2D eigenvalue weighted by molar-refractivity contribution is -0.110. The molecule has 2 saturated carbocycles. The summed E-state index contributed by atoms with van der Waals surface area (Å²) in [7, 11) is 0. The van der Waals surface area contributed by atoms with Crippen LogP contribution in [-0.2, 0) is 0 Å². The van der Waals surface area contributed by atoms with Gasteiger partial charge in [0, 0.05) is 18.6 Å². The van der Waals surface area contributed by atoms with Crippen LogP contribution in [0.1, 0.15) is 57.8 Å². The maximum absolute atomic E-state index is 9.70. The molecule has 1 saturated heterocycles. The minimum Gasteiger partial charge on any atom is -0.394 e. The van der Waals surface area contributed by atoms with Gasteiger partial charge in [-0.05, 0) is 31.1 Å². The standard InChI is InChI=1S/C14H25NO/c16-12-14(8-4-5-9-14)15-10-13(11-15)6-2-1-3-7-13/h16H,1-12H2. The Hall–Kier alpha value is -0.0800. The van der Waals surface area contributed by atoms with Gasteiger partial charge in [0.2, 0.25) is 0 Å². The normalized spacial score (nSPS) is 32.8. The van der Waals surface area contributed by atoms with E-state index in [0.29, 0.717) is 12.0 Å². The quantitative estimate of drug-likeness (QED) is 0.777. The molecule has 0 aromatic heterocycles. The van der Waals surface area contributed by atoms with E-state index in [1.165, 1.54) is 70.9 Å². The van der Waals surface area contributed by atoms with Crippen LogP contribution >= 0.6 is 0 Å². The lowest BCUT2D eigenvalue weighted by atomic mass is 9.67. The van der Waals surface area contributed by atoms with Gasteiger partial charge in [-0.25, -0.2) is 0 Å². The van der Waals surface area contributed by atoms with Gasteiger partial charge < -0.3 is 5.11 Å². The maximum Gasteiger partial charge on any atom is 0.0615 e. The fourth-order valence-electron chi connectivity index (χ4n) is 4.32. The van der Waals surface area contributed by atoms with Crippen LogP contribution < -0.4 is 0 Å². The lowest BCUT2D eigenvalue weighted by Gasteiger charge is -2.59. The van der Waals surface area contributed by atoms with Crippen LogP contribution in [-0.4, -0.2) is 35.2 Å². The van der Waals surface area contributed by atoms with Crippen LogP contribution in [0.5, 0.6) is 0 Å². The van der Waals surface area contributed by atoms with Gasteiger partial charge in [0.15, 0.2) is 0 Å². The molecule has 3 rings (SSSR count). The third-order valence-electron chi connectivity index (χ3n) is 5.47. The Morgan fingerprint density at radius 1 is 0.812 bits per heavy atom. The van der Waals surface area contributed by atoms with Crippen molar-refractivity contribution in [2.75, 3.05) is 19.7 Å². The SMILES string of the molecule is OCC1(N2CC3(CCCCC3)C2)CCCC1. The molecule has 0 bridgehead atoms. The Balaban J connectivity index is 1.62. The van der Waals surface area contributed by atoms with E-state index in [-0.39, 0.29) is 5.54 Å². The van der Waals surface area contributed by atoms with Crippen molar-refractivity contribution in [1.82, 2.24) is 4.90 Å². The molecule has 1 aliphatic heterocycles. The summed E-state index contributed by atoms with van der Waals surface area (Å²) in [5.74, 6) is 0. The van der Waals surface area contributed by atoms with E-state index < -0.39 is 0 Å². The van der Waals surface area contributed by atoms with Crippen molar-refractivity contribution in [3.63, 3.8) is 0 Å². The minimum absolute atomic E-state index is 0.197. The van der Waals surface area contributed by atoms with Crippen molar-refractivity contribution in [2.45, 2.75) is 63.3 Å². The molecule has 0 aromatic carbocycles. The van der Waals surface area contributed by atoms with E-state index in [0.717, 1.165) is 0 Å². The van der Waals surface area contributed by atoms with Crippen LogP contribution in [0.25, 0.3) is 0 Å². The summed E-state index contributed by atoms with van der Waals surface area (Å²) in [6.07, 6.45) is 12.4. The first-order valence-electron chi connectivity index (χ1n) is 7.15. The molecule has 92 valence electrons. The van der Waals surface area contributed by atoms with Crippen LogP contribution in [0, 0.1) is 5.41 Å². The van der Waals surface area contributed by atoms with Crippen molar-refractivity contribution in [3.8, 4) is 0 Å². The van der Waals surface area contributed by atoms with Crippen molar-refractivity contribution in [2.24, 2.45) is 5.41 Å². The number of aliphatic hydroxyl groups is 1. The minimum atomic E-state index is 0.197. The monoisotopic (exact) mass is 223 g/mol. The molecular formula is C14H25NO. The number of hydrogen-bond acceptors (Lipinski definition) is 2. The number of aliphatic hydroxyl groups excluding tert-OH is 1. The largest absolute Gasteiger partial charge is 0.394 e. The molecule has 0 radical (unpaired) electrons. The first-order chi connectivity index (χ1) is 7.79. The Morgan fingerprint density at radius 2 is 1.38 bits per heavy atom. The fraction of sp³-hybridized carbons (Fsp3) is 1.00. The molecule has 16 heavy (non-hydrogen) atoms. The first-order valence-corrected chi connectivity index (χ1v) is 7.15. The molecule has 3 fully saturated rings. The van der Waals surface area contributed by atoms with Gasteiger partial charge in [0.05, 0.1) is 6.61 Å². The molecular weight excluding hydrogens is 198 g/mol. The zero-order valence-electron chi connectivity index (χ0n) is 10.4. The van der Waals surface area contributed by atoms with Gasteiger partial charge in [0.25, 0.3) is 0 Å². The third kappa shape index (κ3) is 1.62. The van der Waals surface area contributed by atoms with Gasteiger partial charge in [-0.3, -0.25) is 4.90 Å². The Bertz CT molecular complexity index is 243. The van der Waals surface area contributed by atoms with Crippen molar-refractivity contribution in [3.05, 3.63) is 0 Å². The number of rotatable bonds is 2. The van der Waals surface area contributed by atoms with Gasteiger partial charge >= 0.3 is 0 Å². The summed E-state index contributed by atoms with van der Waals surface area (Å²) in [4.78, 5) is 2.62. The first kappa shape index (κ1) is 11.0.